The van der Waals surface area contributed by atoms with Gasteiger partial charge in [-0.15, -0.1) is 0 Å². The van der Waals surface area contributed by atoms with Gasteiger partial charge in [0.25, 0.3) is 5.56 Å². The summed E-state index contributed by atoms with van der Waals surface area (Å²) in [6.07, 6.45) is 0. The largest absolute Gasteiger partial charge is 0.493 e. The average Bonchev–Trinajstić information content (AvgIpc) is 2.77. The van der Waals surface area contributed by atoms with Crippen LogP contribution in [0.25, 0.3) is 0 Å². The number of aromatic amines is 2. The van der Waals surface area contributed by atoms with Crippen LogP contribution in [0.3, 0.4) is 0 Å². The molecule has 4 nitrogen and oxygen atoms in total. The van der Waals surface area contributed by atoms with E-state index in [4.69, 9.17) is 16.3 Å². The van der Waals surface area contributed by atoms with Crippen molar-refractivity contribution in [3.8, 4) is 5.75 Å². The zero-order chi connectivity index (χ0) is 12.8. The van der Waals surface area contributed by atoms with Gasteiger partial charge >= 0.3 is 0 Å². The lowest BCUT2D eigenvalue weighted by atomic mass is 10.3. The summed E-state index contributed by atoms with van der Waals surface area (Å²) in [5.74, 6) is 2.44. The van der Waals surface area contributed by atoms with Gasteiger partial charge in [0, 0.05) is 28.3 Å². The Hall–Kier alpha value is -1.33. The Labute approximate surface area is 114 Å². The highest BCUT2D eigenvalue weighted by Crippen LogP contribution is 2.16. The Morgan fingerprint density at radius 3 is 2.67 bits per heavy atom. The molecule has 0 aliphatic heterocycles. The van der Waals surface area contributed by atoms with Gasteiger partial charge in [-0.3, -0.25) is 9.89 Å². The maximum absolute atomic E-state index is 10.9. The molecule has 0 bridgehead atoms. The quantitative estimate of drug-likeness (QED) is 0.802. The highest BCUT2D eigenvalue weighted by Gasteiger charge is 1.98. The monoisotopic (exact) mass is 284 g/mol. The van der Waals surface area contributed by atoms with Crippen LogP contribution in [0.2, 0.25) is 5.02 Å². The van der Waals surface area contributed by atoms with Crippen LogP contribution < -0.4 is 10.3 Å². The number of hydrogen-bond donors (Lipinski definition) is 2. The molecule has 6 heteroatoms. The number of benzene rings is 1. The smallest absolute Gasteiger partial charge is 0.264 e. The van der Waals surface area contributed by atoms with Crippen LogP contribution in [0.4, 0.5) is 0 Å². The van der Waals surface area contributed by atoms with Gasteiger partial charge in [0.2, 0.25) is 0 Å². The van der Waals surface area contributed by atoms with Crippen LogP contribution in [-0.4, -0.2) is 22.6 Å². The van der Waals surface area contributed by atoms with Crippen molar-refractivity contribution < 1.29 is 4.74 Å². The number of ether oxygens (including phenoxy) is 1. The molecule has 0 spiro atoms. The number of rotatable bonds is 6. The van der Waals surface area contributed by atoms with E-state index in [9.17, 15) is 4.79 Å². The summed E-state index contributed by atoms with van der Waals surface area (Å²) in [5.41, 5.74) is 0.805. The van der Waals surface area contributed by atoms with Gasteiger partial charge in [0.05, 0.1) is 6.61 Å². The molecule has 0 aliphatic carbocycles. The average molecular weight is 285 g/mol. The van der Waals surface area contributed by atoms with Gasteiger partial charge in [-0.1, -0.05) is 11.6 Å². The number of thioether (sulfide) groups is 1. The number of H-pyrrole nitrogens is 2. The molecule has 1 aromatic carbocycles. The molecule has 0 amide bonds. The third kappa shape index (κ3) is 4.16. The van der Waals surface area contributed by atoms with Crippen LogP contribution >= 0.6 is 23.4 Å². The molecule has 18 heavy (non-hydrogen) atoms. The summed E-state index contributed by atoms with van der Waals surface area (Å²) in [6, 6.07) is 8.85. The minimum atomic E-state index is -0.0944. The molecule has 0 radical (unpaired) electrons. The van der Waals surface area contributed by atoms with Crippen molar-refractivity contribution in [2.45, 2.75) is 5.75 Å². The van der Waals surface area contributed by atoms with E-state index in [1.807, 2.05) is 12.1 Å². The normalized spacial score (nSPS) is 10.5. The minimum absolute atomic E-state index is 0.0944. The number of nitrogens with one attached hydrogen (secondary N) is 2. The van der Waals surface area contributed by atoms with E-state index in [2.05, 4.69) is 10.2 Å². The van der Waals surface area contributed by atoms with E-state index in [-0.39, 0.29) is 5.56 Å². The standard InChI is InChI=1S/C12H13ClN2O2S/c13-9-1-3-11(4-2-9)17-5-6-18-8-10-7-12(16)15-14-10/h1-4,7H,5-6,8H2,(H2,14,15,16). The molecule has 0 fully saturated rings. The van der Waals surface area contributed by atoms with Crippen molar-refractivity contribution in [2.75, 3.05) is 12.4 Å². The van der Waals surface area contributed by atoms with Gasteiger partial charge < -0.3 is 9.84 Å². The highest BCUT2D eigenvalue weighted by molar-refractivity contribution is 7.98. The second-order valence-corrected chi connectivity index (χ2v) is 5.18. The van der Waals surface area contributed by atoms with Crippen LogP contribution in [0.15, 0.2) is 35.1 Å². The van der Waals surface area contributed by atoms with Crippen molar-refractivity contribution in [3.05, 3.63) is 51.4 Å². The van der Waals surface area contributed by atoms with Crippen LogP contribution in [0, 0.1) is 0 Å². The van der Waals surface area contributed by atoms with Gasteiger partial charge in [-0.2, -0.15) is 11.8 Å². The van der Waals surface area contributed by atoms with Crippen molar-refractivity contribution in [1.82, 2.24) is 10.2 Å². The molecule has 0 unspecified atom stereocenters. The maximum atomic E-state index is 10.9. The van der Waals surface area contributed by atoms with Gasteiger partial charge in [-0.05, 0) is 24.3 Å². The maximum Gasteiger partial charge on any atom is 0.264 e. The van der Waals surface area contributed by atoms with Gasteiger partial charge in [0.1, 0.15) is 5.75 Å². The Kier molecular flexibility index (Phi) is 4.78. The second kappa shape index (κ2) is 6.56. The Balaban J connectivity index is 1.64. The molecular formula is C12H13ClN2O2S. The molecule has 0 aliphatic rings. The van der Waals surface area contributed by atoms with Crippen molar-refractivity contribution in [3.63, 3.8) is 0 Å². The van der Waals surface area contributed by atoms with Crippen molar-refractivity contribution in [1.29, 1.82) is 0 Å². The fourth-order valence-electron chi connectivity index (χ4n) is 1.38. The first-order valence-electron chi connectivity index (χ1n) is 5.47. The minimum Gasteiger partial charge on any atom is -0.493 e. The van der Waals surface area contributed by atoms with Crippen LogP contribution in [0.5, 0.6) is 5.75 Å². The summed E-state index contributed by atoms with van der Waals surface area (Å²) in [7, 11) is 0. The summed E-state index contributed by atoms with van der Waals surface area (Å²) < 4.78 is 5.54. The topological polar surface area (TPSA) is 57.9 Å². The zero-order valence-corrected chi connectivity index (χ0v) is 11.2. The fourth-order valence-corrected chi connectivity index (χ4v) is 2.23. The summed E-state index contributed by atoms with van der Waals surface area (Å²) in [6.45, 7) is 0.626. The third-order valence-electron chi connectivity index (χ3n) is 2.22. The van der Waals surface area contributed by atoms with Gasteiger partial charge in [-0.25, -0.2) is 0 Å². The van der Waals surface area contributed by atoms with E-state index in [0.29, 0.717) is 11.6 Å². The predicted octanol–water partition coefficient (Wildman–Crippen LogP) is 2.67. The first kappa shape index (κ1) is 13.1. The predicted molar refractivity (Wildman–Crippen MR) is 74.5 cm³/mol. The molecule has 0 atom stereocenters. The number of hydrogen-bond acceptors (Lipinski definition) is 3. The first-order valence-corrected chi connectivity index (χ1v) is 7.00. The van der Waals surface area contributed by atoms with E-state index >= 15 is 0 Å². The van der Waals surface area contributed by atoms with E-state index in [1.165, 1.54) is 0 Å². The van der Waals surface area contributed by atoms with E-state index in [0.717, 1.165) is 22.9 Å². The fraction of sp³-hybridized carbons (Fsp3) is 0.250. The molecule has 96 valence electrons. The lowest BCUT2D eigenvalue weighted by Gasteiger charge is -2.05. The summed E-state index contributed by atoms with van der Waals surface area (Å²) in [4.78, 5) is 10.9. The lowest BCUT2D eigenvalue weighted by Crippen LogP contribution is -2.00. The third-order valence-corrected chi connectivity index (χ3v) is 3.44. The Morgan fingerprint density at radius 1 is 1.22 bits per heavy atom. The van der Waals surface area contributed by atoms with Gasteiger partial charge in [0.15, 0.2) is 0 Å². The number of halogens is 1. The van der Waals surface area contributed by atoms with E-state index < -0.39 is 0 Å². The van der Waals surface area contributed by atoms with Crippen molar-refractivity contribution in [2.24, 2.45) is 0 Å². The van der Waals surface area contributed by atoms with Crippen LogP contribution in [0.1, 0.15) is 5.69 Å². The number of aromatic nitrogens is 2. The molecule has 2 N–H and O–H groups in total. The van der Waals surface area contributed by atoms with Crippen LogP contribution in [-0.2, 0) is 5.75 Å². The molecule has 0 saturated carbocycles. The molecule has 2 aromatic rings. The lowest BCUT2D eigenvalue weighted by molar-refractivity contribution is 0.344. The summed E-state index contributed by atoms with van der Waals surface area (Å²) >= 11 is 7.47. The SMILES string of the molecule is O=c1cc(CSCCOc2ccc(Cl)cc2)[nH][nH]1. The van der Waals surface area contributed by atoms with E-state index in [1.54, 1.807) is 30.0 Å². The zero-order valence-electron chi connectivity index (χ0n) is 9.61. The first-order chi connectivity index (χ1) is 8.74. The molecular weight excluding hydrogens is 272 g/mol. The molecule has 1 heterocycles. The summed E-state index contributed by atoms with van der Waals surface area (Å²) in [5, 5.41) is 6.01. The Bertz CT molecular complexity index is 536. The van der Waals surface area contributed by atoms with Crippen molar-refractivity contribution >= 4 is 23.4 Å². The molecule has 2 rings (SSSR count). The highest BCUT2D eigenvalue weighted by atomic mass is 35.5. The second-order valence-electron chi connectivity index (χ2n) is 3.64. The Morgan fingerprint density at radius 2 is 2.00 bits per heavy atom. The molecule has 0 saturated heterocycles. The molecule has 1 aromatic heterocycles.